The van der Waals surface area contributed by atoms with Crippen molar-refractivity contribution in [3.63, 3.8) is 0 Å². The van der Waals surface area contributed by atoms with Crippen molar-refractivity contribution >= 4 is 28.2 Å². The van der Waals surface area contributed by atoms with E-state index in [1.807, 2.05) is 41.2 Å². The minimum atomic E-state index is -0.583. The van der Waals surface area contributed by atoms with Gasteiger partial charge in [-0.25, -0.2) is 0 Å². The molecule has 0 radical (unpaired) electrons. The normalized spacial score (nSPS) is 20.7. The smallest absolute Gasteiger partial charge is 0.302 e. The van der Waals surface area contributed by atoms with Crippen LogP contribution < -0.4 is 15.4 Å². The number of phenols is 2. The molecule has 0 unspecified atom stereocenters. The number of anilines is 1. The number of phenolic OH excluding ortho intramolecular Hbond substituents is 2. The SMILES string of the molecule is CC[C@@H]1CC[C@@H](OC(C)=O)CC(=O)C[C@H](c2ccc(O)c(OC)c2)n2cc3c(CO)ccc(c3c2)NC2=CC(=CCN2)[C@H](c2cccc(O)c2)Cc2c[nH]cc2C1. The highest BCUT2D eigenvalue weighted by molar-refractivity contribution is 5.97. The Balaban J connectivity index is 1.35. The number of ketones is 1. The third-order valence-corrected chi connectivity index (χ3v) is 11.5. The second kappa shape index (κ2) is 17.5. The first-order valence-electron chi connectivity index (χ1n) is 19.8. The van der Waals surface area contributed by atoms with Crippen LogP contribution in [0.1, 0.15) is 85.7 Å². The quantitative estimate of drug-likeness (QED) is 0.0944. The Morgan fingerprint density at radius 3 is 2.49 bits per heavy atom. The first-order chi connectivity index (χ1) is 27.6. The van der Waals surface area contributed by atoms with E-state index in [1.54, 1.807) is 24.3 Å². The number of aliphatic hydroxyl groups excluding tert-OH is 1. The van der Waals surface area contributed by atoms with Gasteiger partial charge in [-0.05, 0) is 101 Å². The van der Waals surface area contributed by atoms with Gasteiger partial charge in [0.05, 0.1) is 19.8 Å². The van der Waals surface area contributed by atoms with Crippen LogP contribution in [0.4, 0.5) is 5.69 Å². The second-order valence-corrected chi connectivity index (χ2v) is 15.3. The van der Waals surface area contributed by atoms with Crippen molar-refractivity contribution in [1.82, 2.24) is 14.9 Å². The second-order valence-electron chi connectivity index (χ2n) is 15.3. The summed E-state index contributed by atoms with van der Waals surface area (Å²) in [7, 11) is 1.49. The summed E-state index contributed by atoms with van der Waals surface area (Å²) in [5.74, 6) is 1.03. The summed E-state index contributed by atoms with van der Waals surface area (Å²) in [6, 6.07) is 15.9. The zero-order valence-electron chi connectivity index (χ0n) is 32.8. The molecule has 0 saturated carbocycles. The van der Waals surface area contributed by atoms with E-state index in [0.29, 0.717) is 19.4 Å². The lowest BCUT2D eigenvalue weighted by Gasteiger charge is -2.25. The highest BCUT2D eigenvalue weighted by Gasteiger charge is 2.27. The number of carbonyl (C=O) groups excluding carboxylic acids is 2. The van der Waals surface area contributed by atoms with Gasteiger partial charge in [0.15, 0.2) is 11.5 Å². The number of carbonyl (C=O) groups is 2. The molecule has 0 spiro atoms. The van der Waals surface area contributed by atoms with Gasteiger partial charge in [0.25, 0.3) is 0 Å². The number of aliphatic hydroxyl groups is 1. The molecule has 2 aliphatic heterocycles. The number of aromatic nitrogens is 2. The van der Waals surface area contributed by atoms with Crippen molar-refractivity contribution in [2.75, 3.05) is 19.0 Å². The zero-order valence-corrected chi connectivity index (χ0v) is 32.8. The van der Waals surface area contributed by atoms with E-state index in [0.717, 1.165) is 63.8 Å². The van der Waals surface area contributed by atoms with Gasteiger partial charge in [-0.15, -0.1) is 0 Å². The molecule has 0 fully saturated rings. The topological polar surface area (TPSA) is 158 Å². The van der Waals surface area contributed by atoms with Crippen LogP contribution in [-0.2, 0) is 33.8 Å². The monoisotopic (exact) mass is 772 g/mol. The number of aromatic hydroxyl groups is 2. The van der Waals surface area contributed by atoms with Gasteiger partial charge in [-0.1, -0.05) is 43.7 Å². The van der Waals surface area contributed by atoms with E-state index in [1.165, 1.54) is 25.2 Å². The molecule has 5 aromatic rings. The largest absolute Gasteiger partial charge is 0.508 e. The molecule has 6 N–H and O–H groups in total. The molecule has 0 amide bonds. The fraction of sp³-hybridized carbons (Fsp3) is 0.348. The van der Waals surface area contributed by atoms with Crippen LogP contribution in [-0.4, -0.2) is 56.4 Å². The molecule has 4 bridgehead atoms. The van der Waals surface area contributed by atoms with Crippen molar-refractivity contribution in [1.29, 1.82) is 0 Å². The van der Waals surface area contributed by atoms with Gasteiger partial charge in [-0.3, -0.25) is 9.59 Å². The number of allylic oxidation sites excluding steroid dienone is 2. The minimum absolute atomic E-state index is 0.0119. The van der Waals surface area contributed by atoms with Crippen LogP contribution in [0, 0.1) is 5.92 Å². The highest BCUT2D eigenvalue weighted by Crippen LogP contribution is 2.38. The number of methoxy groups -OCH3 is 1. The van der Waals surface area contributed by atoms with Crippen LogP contribution in [0.15, 0.2) is 103 Å². The summed E-state index contributed by atoms with van der Waals surface area (Å²) >= 11 is 0. The number of Topliss-reactive ketones (excluding diaryl/α,β-unsaturated/α-hetero) is 1. The minimum Gasteiger partial charge on any atom is -0.508 e. The predicted octanol–water partition coefficient (Wildman–Crippen LogP) is 7.92. The van der Waals surface area contributed by atoms with Crippen LogP contribution in [0.25, 0.3) is 10.8 Å². The number of nitrogens with one attached hydrogen (secondary N) is 3. The number of benzene rings is 3. The van der Waals surface area contributed by atoms with Crippen LogP contribution in [0.5, 0.6) is 17.2 Å². The molecule has 57 heavy (non-hydrogen) atoms. The maximum Gasteiger partial charge on any atom is 0.302 e. The van der Waals surface area contributed by atoms with Crippen molar-refractivity contribution in [3.8, 4) is 17.2 Å². The highest BCUT2D eigenvalue weighted by atomic mass is 16.5. The summed E-state index contributed by atoms with van der Waals surface area (Å²) in [6.07, 6.45) is 15.7. The fourth-order valence-corrected chi connectivity index (χ4v) is 8.43. The summed E-state index contributed by atoms with van der Waals surface area (Å²) in [5.41, 5.74) is 6.82. The van der Waals surface area contributed by atoms with Gasteiger partial charge < -0.3 is 45.0 Å². The van der Waals surface area contributed by atoms with Gasteiger partial charge in [0, 0.05) is 73.5 Å². The average Bonchev–Trinajstić information content (AvgIpc) is 3.85. The number of H-pyrrole nitrogens is 1. The Labute approximate surface area is 333 Å². The first-order valence-corrected chi connectivity index (χ1v) is 19.8. The molecular formula is C46H52N4O7. The Kier molecular flexibility index (Phi) is 12.0. The first kappa shape index (κ1) is 39.3. The molecule has 0 aliphatic carbocycles. The maximum absolute atomic E-state index is 14.1. The number of fused-ring (bicyclic) bond motifs is 3. The van der Waals surface area contributed by atoms with Crippen LogP contribution >= 0.6 is 0 Å². The van der Waals surface area contributed by atoms with Gasteiger partial charge in [-0.2, -0.15) is 0 Å². The van der Waals surface area contributed by atoms with Crippen LogP contribution in [0.3, 0.4) is 0 Å². The summed E-state index contributed by atoms with van der Waals surface area (Å²) in [5, 5.41) is 40.3. The van der Waals surface area contributed by atoms with Crippen molar-refractivity contribution < 1.29 is 34.4 Å². The van der Waals surface area contributed by atoms with Crippen molar-refractivity contribution in [2.45, 2.75) is 83.5 Å². The predicted molar refractivity (Wildman–Crippen MR) is 220 cm³/mol. The number of aromatic amines is 1. The van der Waals surface area contributed by atoms with E-state index >= 15 is 0 Å². The van der Waals surface area contributed by atoms with E-state index in [9.17, 15) is 24.9 Å². The van der Waals surface area contributed by atoms with Crippen molar-refractivity contribution in [3.05, 3.63) is 131 Å². The molecule has 3 aromatic carbocycles. The molecular weight excluding hydrogens is 721 g/mol. The number of rotatable bonds is 6. The lowest BCUT2D eigenvalue weighted by molar-refractivity contribution is -0.148. The summed E-state index contributed by atoms with van der Waals surface area (Å²) in [4.78, 5) is 29.8. The van der Waals surface area contributed by atoms with E-state index in [2.05, 4.69) is 53.2 Å². The van der Waals surface area contributed by atoms with E-state index < -0.39 is 18.1 Å². The number of hydrogen-bond donors (Lipinski definition) is 6. The van der Waals surface area contributed by atoms with Gasteiger partial charge in [0.1, 0.15) is 23.5 Å². The zero-order chi connectivity index (χ0) is 40.1. The molecule has 2 aliphatic rings. The molecule has 298 valence electrons. The summed E-state index contributed by atoms with van der Waals surface area (Å²) < 4.78 is 13.3. The Hall–Kier alpha value is -5.94. The Morgan fingerprint density at radius 1 is 0.930 bits per heavy atom. The molecule has 0 saturated heterocycles. The van der Waals surface area contributed by atoms with Crippen LogP contribution in [0.2, 0.25) is 0 Å². The Morgan fingerprint density at radius 2 is 1.74 bits per heavy atom. The molecule has 11 nitrogen and oxygen atoms in total. The molecule has 7 rings (SSSR count). The van der Waals surface area contributed by atoms with E-state index in [4.69, 9.17) is 9.47 Å². The molecule has 4 heterocycles. The lowest BCUT2D eigenvalue weighted by atomic mass is 9.82. The number of nitrogens with zero attached hydrogens (tertiary/aromatic N) is 1. The fourth-order valence-electron chi connectivity index (χ4n) is 8.43. The average molecular weight is 773 g/mol. The third kappa shape index (κ3) is 9.05. The summed E-state index contributed by atoms with van der Waals surface area (Å²) in [6.45, 7) is 3.97. The molecule has 11 heteroatoms. The van der Waals surface area contributed by atoms with E-state index in [-0.39, 0.29) is 54.3 Å². The Bertz CT molecular complexity index is 2300. The number of dihydropyridines is 1. The number of hydrogen-bond acceptors (Lipinski definition) is 9. The lowest BCUT2D eigenvalue weighted by Crippen LogP contribution is -2.25. The van der Waals surface area contributed by atoms with Gasteiger partial charge in [0.2, 0.25) is 0 Å². The number of esters is 1. The third-order valence-electron chi connectivity index (χ3n) is 11.5. The molecule has 2 aromatic heterocycles. The van der Waals surface area contributed by atoms with Gasteiger partial charge >= 0.3 is 5.97 Å². The number of ether oxygens (including phenoxy) is 2. The van der Waals surface area contributed by atoms with Crippen molar-refractivity contribution in [2.24, 2.45) is 5.92 Å². The maximum atomic E-state index is 14.1. The molecule has 4 atom stereocenters. The standard InChI is InChI=1S/C46H52N4O7/c1-4-29-8-11-38(57-28(2)52)21-37(54)22-43(32-10-13-44(55)45(19-32)56-3)50-25-40-33(27-51)9-12-42(41(40)26-50)49-46-20-31(14-15-48-46)39(30-6-5-7-36(53)17-30)18-35-24-47-23-34(35)16-29/h5-7,9-10,12-14,17,19-20,23-26,29,38-39,43,47-49,51,53,55H,4,8,11,15-16,18,21-22,27H2,1-3H3/t29-,38-,39+,43-/m1/s1.